The number of carbonyl (C=O) groups is 3. The molecule has 0 aromatic carbocycles. The van der Waals surface area contributed by atoms with Gasteiger partial charge in [-0.2, -0.15) is 0 Å². The van der Waals surface area contributed by atoms with Crippen LogP contribution in [0.1, 0.15) is 258 Å². The summed E-state index contributed by atoms with van der Waals surface area (Å²) in [6.45, 7) is 6.47. The van der Waals surface area contributed by atoms with E-state index in [2.05, 4.69) is 87.6 Å². The van der Waals surface area contributed by atoms with Gasteiger partial charge in [-0.3, -0.25) is 14.4 Å². The van der Waals surface area contributed by atoms with Crippen LogP contribution in [0.4, 0.5) is 0 Å². The molecule has 0 rings (SSSR count). The van der Waals surface area contributed by atoms with Gasteiger partial charge in [0.25, 0.3) is 0 Å². The molecule has 0 aliphatic carbocycles. The van der Waals surface area contributed by atoms with Crippen LogP contribution in [0.2, 0.25) is 0 Å². The number of unbranched alkanes of at least 4 members (excludes halogenated alkanes) is 27. The van der Waals surface area contributed by atoms with Gasteiger partial charge in [-0.25, -0.2) is 0 Å². The minimum atomic E-state index is -0.817. The van der Waals surface area contributed by atoms with Crippen molar-refractivity contribution in [3.8, 4) is 0 Å². The largest absolute Gasteiger partial charge is 0.462 e. The molecule has 0 spiro atoms. The summed E-state index contributed by atoms with van der Waals surface area (Å²) < 4.78 is 16.8. The van der Waals surface area contributed by atoms with E-state index in [1.807, 2.05) is 30.4 Å². The number of hydrogen-bond donors (Lipinski definition) is 0. The summed E-state index contributed by atoms with van der Waals surface area (Å²) in [6.07, 6.45) is 74.0. The Balaban J connectivity index is 4.48. The van der Waals surface area contributed by atoms with E-state index in [1.165, 1.54) is 135 Å². The quantitative estimate of drug-likeness (QED) is 0.0199. The van der Waals surface area contributed by atoms with E-state index in [0.717, 1.165) is 77.0 Å². The molecular formula is C62H104O6. The number of allylic oxidation sites excluding steroid dienone is 16. The second-order valence-electron chi connectivity index (χ2n) is 18.6. The second kappa shape index (κ2) is 55.9. The minimum Gasteiger partial charge on any atom is -0.462 e. The van der Waals surface area contributed by atoms with E-state index >= 15 is 0 Å². The fourth-order valence-electron chi connectivity index (χ4n) is 7.64. The fraction of sp³-hybridized carbons (Fsp3) is 0.694. The molecule has 6 heteroatoms. The molecule has 0 fully saturated rings. The maximum atomic E-state index is 12.8. The first-order valence-corrected chi connectivity index (χ1v) is 28.3. The van der Waals surface area contributed by atoms with Crippen molar-refractivity contribution < 1.29 is 28.6 Å². The molecule has 0 heterocycles. The molecule has 1 unspecified atom stereocenters. The highest BCUT2D eigenvalue weighted by Crippen LogP contribution is 2.14. The smallest absolute Gasteiger partial charge is 0.306 e. The molecule has 0 aliphatic heterocycles. The summed E-state index contributed by atoms with van der Waals surface area (Å²) in [5, 5.41) is 0. The van der Waals surface area contributed by atoms with Crippen LogP contribution in [0.25, 0.3) is 0 Å². The van der Waals surface area contributed by atoms with Crippen LogP contribution in [0.5, 0.6) is 0 Å². The molecule has 1 atom stereocenters. The normalized spacial score (nSPS) is 12.8. The van der Waals surface area contributed by atoms with Crippen LogP contribution >= 0.6 is 0 Å². The lowest BCUT2D eigenvalue weighted by atomic mass is 10.1. The van der Waals surface area contributed by atoms with Crippen molar-refractivity contribution in [1.82, 2.24) is 0 Å². The van der Waals surface area contributed by atoms with Crippen molar-refractivity contribution in [2.75, 3.05) is 13.2 Å². The van der Waals surface area contributed by atoms with Crippen LogP contribution in [0, 0.1) is 0 Å². The van der Waals surface area contributed by atoms with Crippen LogP contribution in [-0.4, -0.2) is 37.2 Å². The Bertz CT molecular complexity index is 1360. The number of ether oxygens (including phenoxy) is 3. The Kier molecular flexibility index (Phi) is 52.9. The van der Waals surface area contributed by atoms with Crippen molar-refractivity contribution >= 4 is 17.9 Å². The zero-order chi connectivity index (χ0) is 49.3. The van der Waals surface area contributed by atoms with E-state index in [0.29, 0.717) is 12.8 Å². The monoisotopic (exact) mass is 945 g/mol. The third kappa shape index (κ3) is 53.3. The molecule has 0 radical (unpaired) electrons. The molecule has 0 saturated carbocycles. The van der Waals surface area contributed by atoms with Gasteiger partial charge in [-0.15, -0.1) is 0 Å². The van der Waals surface area contributed by atoms with Crippen molar-refractivity contribution in [2.45, 2.75) is 264 Å². The summed E-state index contributed by atoms with van der Waals surface area (Å²) in [6, 6.07) is 0. The first-order valence-electron chi connectivity index (χ1n) is 28.3. The lowest BCUT2D eigenvalue weighted by molar-refractivity contribution is -0.166. The number of esters is 3. The van der Waals surface area contributed by atoms with Gasteiger partial charge in [0, 0.05) is 19.3 Å². The summed E-state index contributed by atoms with van der Waals surface area (Å²) in [7, 11) is 0. The van der Waals surface area contributed by atoms with E-state index in [1.54, 1.807) is 0 Å². The molecule has 0 aromatic rings. The molecule has 0 aliphatic rings. The van der Waals surface area contributed by atoms with Crippen molar-refractivity contribution in [3.05, 3.63) is 97.2 Å². The first-order chi connectivity index (χ1) is 33.5. The summed E-state index contributed by atoms with van der Waals surface area (Å²) in [4.78, 5) is 38.1. The van der Waals surface area contributed by atoms with Gasteiger partial charge < -0.3 is 14.2 Å². The van der Waals surface area contributed by atoms with Gasteiger partial charge in [0.15, 0.2) is 6.10 Å². The third-order valence-electron chi connectivity index (χ3n) is 11.9. The van der Waals surface area contributed by atoms with Gasteiger partial charge >= 0.3 is 17.9 Å². The Labute approximate surface area is 419 Å². The topological polar surface area (TPSA) is 78.9 Å². The molecular weight excluding hydrogens is 841 g/mol. The maximum absolute atomic E-state index is 12.8. The Morgan fingerprint density at radius 1 is 0.309 bits per heavy atom. The molecule has 388 valence electrons. The second-order valence-corrected chi connectivity index (χ2v) is 18.6. The standard InChI is InChI=1S/C62H104O6/c1-4-7-10-13-16-19-22-25-27-29-31-33-34-37-40-43-46-49-52-55-61(64)67-58-59(57-66-60(63)54-51-48-45-42-39-36-24-21-18-15-12-9-6-3)68-62(65)56-53-50-47-44-41-38-35-32-30-28-26-23-20-17-14-11-8-5-2/h11,14,17,20,23,26,28-32,35-36,39,45,48,59H,4-10,12-13,15-16,18-19,21-22,24-25,27,33-34,37-38,40-44,46-47,49-58H2,1-3H3/b14-11-,20-17-,26-23-,30-28-,31-29-,35-32-,39-36-,48-45-. The Morgan fingerprint density at radius 2 is 0.647 bits per heavy atom. The zero-order valence-corrected chi connectivity index (χ0v) is 44.3. The van der Waals surface area contributed by atoms with Crippen LogP contribution in [0.15, 0.2) is 97.2 Å². The Hall–Kier alpha value is -3.67. The third-order valence-corrected chi connectivity index (χ3v) is 11.9. The molecule has 0 N–H and O–H groups in total. The van der Waals surface area contributed by atoms with Gasteiger partial charge in [0.1, 0.15) is 13.2 Å². The molecule has 68 heavy (non-hydrogen) atoms. The van der Waals surface area contributed by atoms with Crippen molar-refractivity contribution in [3.63, 3.8) is 0 Å². The average Bonchev–Trinajstić information content (AvgIpc) is 3.34. The predicted molar refractivity (Wildman–Crippen MR) is 293 cm³/mol. The average molecular weight is 946 g/mol. The molecule has 0 amide bonds. The summed E-state index contributed by atoms with van der Waals surface area (Å²) in [5.74, 6) is -1.01. The van der Waals surface area contributed by atoms with E-state index < -0.39 is 6.10 Å². The van der Waals surface area contributed by atoms with Gasteiger partial charge in [-0.05, 0) is 83.5 Å². The number of carbonyl (C=O) groups excluding carboxylic acids is 3. The minimum absolute atomic E-state index is 0.108. The zero-order valence-electron chi connectivity index (χ0n) is 44.3. The SMILES string of the molecule is CCC\C=C/C=C\C=C/C=C\C=C/CCCCCCCC(=O)OC(COC(=O)CC/C=C\C/C=C\CCCCCCCC)COC(=O)CCCCCCCCC/C=C\CCCCCCCCCC. The molecule has 0 bridgehead atoms. The molecule has 0 aromatic heterocycles. The van der Waals surface area contributed by atoms with E-state index in [9.17, 15) is 14.4 Å². The summed E-state index contributed by atoms with van der Waals surface area (Å²) in [5.41, 5.74) is 0. The van der Waals surface area contributed by atoms with Crippen LogP contribution in [0.3, 0.4) is 0 Å². The lowest BCUT2D eigenvalue weighted by Gasteiger charge is -2.18. The Morgan fingerprint density at radius 3 is 1.10 bits per heavy atom. The van der Waals surface area contributed by atoms with E-state index in [4.69, 9.17) is 14.2 Å². The van der Waals surface area contributed by atoms with Crippen molar-refractivity contribution in [2.24, 2.45) is 0 Å². The lowest BCUT2D eigenvalue weighted by Crippen LogP contribution is -2.30. The van der Waals surface area contributed by atoms with Crippen LogP contribution < -0.4 is 0 Å². The van der Waals surface area contributed by atoms with E-state index in [-0.39, 0.29) is 44.0 Å². The first kappa shape index (κ1) is 64.3. The van der Waals surface area contributed by atoms with Gasteiger partial charge in [0.2, 0.25) is 0 Å². The van der Waals surface area contributed by atoms with Crippen molar-refractivity contribution in [1.29, 1.82) is 0 Å². The molecule has 0 saturated heterocycles. The van der Waals surface area contributed by atoms with Gasteiger partial charge in [-0.1, -0.05) is 253 Å². The number of rotatable bonds is 50. The van der Waals surface area contributed by atoms with Crippen LogP contribution in [-0.2, 0) is 28.6 Å². The molecule has 6 nitrogen and oxygen atoms in total. The van der Waals surface area contributed by atoms with Gasteiger partial charge in [0.05, 0.1) is 0 Å². The maximum Gasteiger partial charge on any atom is 0.306 e. The fourth-order valence-corrected chi connectivity index (χ4v) is 7.64. The highest BCUT2D eigenvalue weighted by molar-refractivity contribution is 5.71. The summed E-state index contributed by atoms with van der Waals surface area (Å²) >= 11 is 0. The highest BCUT2D eigenvalue weighted by atomic mass is 16.6. The predicted octanol–water partition coefficient (Wildman–Crippen LogP) is 18.9. The number of hydrogen-bond acceptors (Lipinski definition) is 6. The highest BCUT2D eigenvalue weighted by Gasteiger charge is 2.19.